The number of rotatable bonds is 8. The van der Waals surface area contributed by atoms with Crippen LogP contribution in [-0.2, 0) is 67.2 Å². The van der Waals surface area contributed by atoms with E-state index in [2.05, 4.69) is 26.6 Å². The summed E-state index contributed by atoms with van der Waals surface area (Å²) in [5.41, 5.74) is 3.82. The number of likely N-dealkylation sites (N-methyl/N-ethyl adjacent to an activating group) is 1. The third-order valence-corrected chi connectivity index (χ3v) is 12.6. The van der Waals surface area contributed by atoms with Crippen molar-refractivity contribution < 1.29 is 71.9 Å². The quantitative estimate of drug-likeness (QED) is 0.110. The van der Waals surface area contributed by atoms with Gasteiger partial charge in [-0.1, -0.05) is 159 Å². The molecule has 0 radical (unpaired) electrons. The van der Waals surface area contributed by atoms with Crippen LogP contribution in [0, 0.1) is 17.8 Å². The van der Waals surface area contributed by atoms with E-state index in [1.807, 2.05) is 102 Å². The second kappa shape index (κ2) is 28.7. The molecule has 0 spiro atoms. The number of carbonyl (C=O) groups is 15. The zero-order valence-corrected chi connectivity index (χ0v) is 43.4. The van der Waals surface area contributed by atoms with Gasteiger partial charge in [-0.15, -0.1) is 0 Å². The van der Waals surface area contributed by atoms with Crippen LogP contribution in [-0.4, -0.2) is 125 Å². The van der Waals surface area contributed by atoms with Gasteiger partial charge in [-0.2, -0.15) is 0 Å². The third-order valence-electron chi connectivity index (χ3n) is 12.6. The van der Waals surface area contributed by atoms with Crippen molar-refractivity contribution in [2.24, 2.45) is 17.8 Å². The molecule has 25 heteroatoms. The van der Waals surface area contributed by atoms with Gasteiger partial charge in [0.05, 0.1) is 0 Å². The Bertz CT molecular complexity index is 3150. The molecule has 3 unspecified atom stereocenters. The number of benzene rings is 5. The third kappa shape index (κ3) is 16.1. The lowest BCUT2D eigenvalue weighted by molar-refractivity contribution is -0.143. The van der Waals surface area contributed by atoms with Crippen LogP contribution in [0.3, 0.4) is 0 Å². The van der Waals surface area contributed by atoms with E-state index >= 15 is 0 Å². The van der Waals surface area contributed by atoms with Crippen LogP contribution < -0.4 is 37.2 Å². The molecule has 20 amide bonds. The van der Waals surface area contributed by atoms with Crippen molar-refractivity contribution >= 4 is 89.2 Å². The van der Waals surface area contributed by atoms with Crippen molar-refractivity contribution in [1.29, 1.82) is 0 Å². The Morgan fingerprint density at radius 1 is 0.293 bits per heavy atom. The van der Waals surface area contributed by atoms with Gasteiger partial charge in [0.1, 0.15) is 29.6 Å². The maximum Gasteiger partial charge on any atom is 0.330 e. The highest BCUT2D eigenvalue weighted by Crippen LogP contribution is 2.22. The van der Waals surface area contributed by atoms with E-state index in [1.165, 1.54) is 21.1 Å². The van der Waals surface area contributed by atoms with E-state index in [0.29, 0.717) is 30.4 Å². The monoisotopic (exact) mass is 1120 g/mol. The molecule has 5 aliphatic rings. The first-order chi connectivity index (χ1) is 38.6. The highest BCUT2D eigenvalue weighted by molar-refractivity contribution is 6.21. The Hall–Kier alpha value is -10.9. The zero-order valence-electron chi connectivity index (χ0n) is 43.4. The highest BCUT2D eigenvalue weighted by Gasteiger charge is 2.41. The number of carbonyl (C=O) groups excluding carboxylic acids is 15. The van der Waals surface area contributed by atoms with Crippen LogP contribution in [0.4, 0.5) is 24.0 Å². The lowest BCUT2D eigenvalue weighted by Gasteiger charge is -2.27. The molecule has 0 bridgehead atoms. The van der Waals surface area contributed by atoms with Crippen LogP contribution in [0.2, 0.25) is 0 Å². The van der Waals surface area contributed by atoms with E-state index in [-0.39, 0.29) is 7.43 Å². The minimum absolute atomic E-state index is 0. The highest BCUT2D eigenvalue weighted by atomic mass is 16.2. The molecule has 0 aliphatic carbocycles. The number of nitrogens with zero attached hydrogens (tertiary/aromatic N) is 3. The summed E-state index contributed by atoms with van der Waals surface area (Å²) in [7, 11) is 4.07. The smallest absolute Gasteiger partial charge is 0.277 e. The molecule has 5 aliphatic heterocycles. The van der Waals surface area contributed by atoms with Crippen LogP contribution in [0.5, 0.6) is 0 Å². The van der Waals surface area contributed by atoms with Crippen LogP contribution in [0.25, 0.3) is 0 Å². The molecule has 5 saturated heterocycles. The standard InChI is InChI=1S/2C12H12N2O3.2C11H10N2O3.C10H8N2O3.CH4/c2*1-14-11(16)9(10(15)13-12(14)17)7-8-5-3-2-4-6-8;1-13-10(15)8(9(14)12-11(13)16)7-5-3-2-4-6-7;14-9-8(10(15)13-11(16)12-9)6-7-4-2-1-3-5-7;13-8-7(6-4-2-1-3-5-6)9(14)12-10(15)11-8;/h2*2-6,9H,7H2,1H3,(H,13,15,17);2-6,8H,1H3,(H,12,14,16);1-5,8H,6H2,(H2,12,13,14,15,16);1-5,7H,(H2,11,12,13,14,15);1H4. The van der Waals surface area contributed by atoms with Crippen molar-refractivity contribution in [2.45, 2.75) is 38.5 Å². The second-order valence-electron chi connectivity index (χ2n) is 18.1. The molecule has 10 rings (SSSR count). The predicted molar refractivity (Wildman–Crippen MR) is 288 cm³/mol. The van der Waals surface area contributed by atoms with Gasteiger partial charge >= 0.3 is 30.2 Å². The van der Waals surface area contributed by atoms with Crippen molar-refractivity contribution in [3.63, 3.8) is 0 Å². The molecule has 5 aromatic rings. The van der Waals surface area contributed by atoms with Crippen LogP contribution in [0.15, 0.2) is 152 Å². The van der Waals surface area contributed by atoms with Crippen molar-refractivity contribution in [1.82, 2.24) is 51.9 Å². The fraction of sp³-hybridized carbons (Fsp3) is 0.211. The van der Waals surface area contributed by atoms with Gasteiger partial charge in [0.15, 0.2) is 0 Å². The molecule has 5 aromatic carbocycles. The number of hydrogen-bond donors (Lipinski definition) is 7. The Kier molecular flexibility index (Phi) is 21.7. The van der Waals surface area contributed by atoms with Gasteiger partial charge in [-0.3, -0.25) is 99.9 Å². The summed E-state index contributed by atoms with van der Waals surface area (Å²) < 4.78 is 0. The van der Waals surface area contributed by atoms with E-state index < -0.39 is 119 Å². The fourth-order valence-electron chi connectivity index (χ4n) is 8.16. The topological polar surface area (TPSA) is 350 Å². The molecule has 0 saturated carbocycles. The van der Waals surface area contributed by atoms with Gasteiger partial charge in [0.25, 0.3) is 0 Å². The normalized spacial score (nSPS) is 19.0. The molecule has 25 nitrogen and oxygen atoms in total. The van der Waals surface area contributed by atoms with E-state index in [9.17, 15) is 71.9 Å². The summed E-state index contributed by atoms with van der Waals surface area (Å²) >= 11 is 0. The lowest BCUT2D eigenvalue weighted by atomic mass is 9.95. The first kappa shape index (κ1) is 62.0. The maximum atomic E-state index is 11.8. The van der Waals surface area contributed by atoms with Crippen LogP contribution in [0.1, 0.15) is 47.1 Å². The molecule has 5 heterocycles. The van der Waals surface area contributed by atoms with Gasteiger partial charge in [0.2, 0.25) is 59.1 Å². The number of hydrogen-bond acceptors (Lipinski definition) is 15. The molecular formula is C57H56N10O15. The Balaban J connectivity index is 0.000000187. The average Bonchev–Trinajstić information content (AvgIpc) is 3.49. The van der Waals surface area contributed by atoms with Gasteiger partial charge in [-0.25, -0.2) is 24.0 Å². The van der Waals surface area contributed by atoms with E-state index in [0.717, 1.165) is 31.4 Å². The number of imide groups is 10. The van der Waals surface area contributed by atoms with Gasteiger partial charge in [0, 0.05) is 21.1 Å². The van der Waals surface area contributed by atoms with Gasteiger partial charge in [-0.05, 0) is 47.1 Å². The zero-order chi connectivity index (χ0) is 58.9. The Morgan fingerprint density at radius 3 is 0.878 bits per heavy atom. The molecule has 7 N–H and O–H groups in total. The molecule has 3 atom stereocenters. The Labute approximate surface area is 468 Å². The molecule has 424 valence electrons. The summed E-state index contributed by atoms with van der Waals surface area (Å²) in [5.74, 6) is -9.64. The first-order valence-electron chi connectivity index (χ1n) is 24.5. The first-order valence-corrected chi connectivity index (χ1v) is 24.5. The van der Waals surface area contributed by atoms with Crippen molar-refractivity contribution in [2.75, 3.05) is 21.1 Å². The summed E-state index contributed by atoms with van der Waals surface area (Å²) in [5, 5.41) is 14.7. The van der Waals surface area contributed by atoms with Crippen molar-refractivity contribution in [3.8, 4) is 0 Å². The molecule has 5 fully saturated rings. The van der Waals surface area contributed by atoms with E-state index in [1.54, 1.807) is 60.7 Å². The minimum Gasteiger partial charge on any atom is -0.277 e. The largest absolute Gasteiger partial charge is 0.330 e. The SMILES string of the molecule is C.CN1C(=O)NC(=O)C(Cc2ccccc2)C1=O.CN1C(=O)NC(=O)C(Cc2ccccc2)C1=O.CN1C(=O)NC(=O)C(c2ccccc2)C1=O.O=C1NC(=O)C(Cc2ccccc2)C(=O)N1.O=C1NC(=O)C(c2ccccc2)C(=O)N1. The van der Waals surface area contributed by atoms with Gasteiger partial charge < -0.3 is 0 Å². The fourth-order valence-corrected chi connectivity index (χ4v) is 8.16. The number of barbiturate groups is 5. The maximum absolute atomic E-state index is 11.8. The van der Waals surface area contributed by atoms with E-state index in [4.69, 9.17) is 0 Å². The predicted octanol–water partition coefficient (Wildman–Crippen LogP) is 2.57. The molecule has 82 heavy (non-hydrogen) atoms. The number of amides is 20. The number of nitrogens with one attached hydrogen (secondary N) is 7. The Morgan fingerprint density at radius 2 is 0.537 bits per heavy atom. The minimum atomic E-state index is -0.941. The van der Waals surface area contributed by atoms with Crippen LogP contribution >= 0.6 is 0 Å². The molecule has 0 aromatic heterocycles. The van der Waals surface area contributed by atoms with Crippen molar-refractivity contribution in [3.05, 3.63) is 179 Å². The summed E-state index contributed by atoms with van der Waals surface area (Å²) in [6, 6.07) is 41.4. The second-order valence-corrected chi connectivity index (χ2v) is 18.1. The molecular weight excluding hydrogens is 1060 g/mol. The lowest BCUT2D eigenvalue weighted by Crippen LogP contribution is -2.56. The summed E-state index contributed by atoms with van der Waals surface area (Å²) in [6.07, 6.45) is 0.915. The summed E-state index contributed by atoms with van der Waals surface area (Å²) in [4.78, 5) is 174. The number of urea groups is 5. The summed E-state index contributed by atoms with van der Waals surface area (Å²) in [6.45, 7) is 0. The average molecular weight is 1120 g/mol.